The van der Waals surface area contributed by atoms with Crippen molar-refractivity contribution in [3.8, 4) is 11.1 Å². The van der Waals surface area contributed by atoms with Gasteiger partial charge in [0.1, 0.15) is 18.5 Å². The molecule has 158 valence electrons. The topological polar surface area (TPSA) is 75.6 Å². The second-order valence-electron chi connectivity index (χ2n) is 7.30. The summed E-state index contributed by atoms with van der Waals surface area (Å²) in [5.41, 5.74) is 4.92. The van der Waals surface area contributed by atoms with Gasteiger partial charge in [-0.1, -0.05) is 70.5 Å². The lowest BCUT2D eigenvalue weighted by Gasteiger charge is -2.18. The minimum Gasteiger partial charge on any atom is -0.480 e. The van der Waals surface area contributed by atoms with Gasteiger partial charge in [0.25, 0.3) is 0 Å². The SMILES string of the molecule is O=C(N[C@@H](Cc1ccc(F)cc1Br)C(=O)O)OCC1c2ccccc2-c2ccccc21. The zero-order valence-electron chi connectivity index (χ0n) is 16.3. The van der Waals surface area contributed by atoms with Gasteiger partial charge in [0, 0.05) is 16.8 Å². The number of carbonyl (C=O) groups excluding carboxylic acids is 1. The lowest BCUT2D eigenvalue weighted by molar-refractivity contribution is -0.139. The fraction of sp³-hybridized carbons (Fsp3) is 0.167. The van der Waals surface area contributed by atoms with Crippen LogP contribution in [-0.4, -0.2) is 29.8 Å². The third-order valence-electron chi connectivity index (χ3n) is 5.37. The average molecular weight is 484 g/mol. The Morgan fingerprint density at radius 1 is 1.03 bits per heavy atom. The van der Waals surface area contributed by atoms with Crippen LogP contribution in [0.4, 0.5) is 9.18 Å². The smallest absolute Gasteiger partial charge is 0.407 e. The number of alkyl carbamates (subject to hydrolysis) is 1. The van der Waals surface area contributed by atoms with Gasteiger partial charge in [-0.05, 0) is 39.9 Å². The van der Waals surface area contributed by atoms with Crippen LogP contribution >= 0.6 is 15.9 Å². The van der Waals surface area contributed by atoms with Crippen molar-refractivity contribution in [1.82, 2.24) is 5.32 Å². The van der Waals surface area contributed by atoms with Crippen LogP contribution in [0.3, 0.4) is 0 Å². The molecule has 1 aliphatic carbocycles. The van der Waals surface area contributed by atoms with Crippen LogP contribution in [0.5, 0.6) is 0 Å². The second kappa shape index (κ2) is 8.89. The number of hydrogen-bond acceptors (Lipinski definition) is 3. The lowest BCUT2D eigenvalue weighted by Crippen LogP contribution is -2.43. The molecule has 1 atom stereocenters. The average Bonchev–Trinajstić information content (AvgIpc) is 3.07. The Kier molecular flexibility index (Phi) is 6.04. The first-order valence-electron chi connectivity index (χ1n) is 9.72. The minimum atomic E-state index is -1.21. The van der Waals surface area contributed by atoms with E-state index in [0.29, 0.717) is 10.0 Å². The zero-order chi connectivity index (χ0) is 22.0. The Hall–Kier alpha value is -3.19. The molecule has 0 aromatic heterocycles. The maximum Gasteiger partial charge on any atom is 0.407 e. The van der Waals surface area contributed by atoms with Crippen LogP contribution in [0.15, 0.2) is 71.2 Å². The predicted molar refractivity (Wildman–Crippen MR) is 117 cm³/mol. The molecule has 3 aromatic carbocycles. The first-order chi connectivity index (χ1) is 14.9. The predicted octanol–water partition coefficient (Wildman–Crippen LogP) is 5.12. The van der Waals surface area contributed by atoms with E-state index in [1.165, 1.54) is 18.2 Å². The largest absolute Gasteiger partial charge is 0.480 e. The molecule has 1 aliphatic rings. The van der Waals surface area contributed by atoms with E-state index in [9.17, 15) is 19.1 Å². The van der Waals surface area contributed by atoms with Gasteiger partial charge in [0.2, 0.25) is 0 Å². The number of benzene rings is 3. The van der Waals surface area contributed by atoms with Crippen molar-refractivity contribution < 1.29 is 23.8 Å². The molecule has 0 radical (unpaired) electrons. The molecule has 0 spiro atoms. The van der Waals surface area contributed by atoms with Crippen molar-refractivity contribution >= 4 is 28.0 Å². The van der Waals surface area contributed by atoms with Gasteiger partial charge >= 0.3 is 12.1 Å². The summed E-state index contributed by atoms with van der Waals surface area (Å²) in [6, 6.07) is 18.7. The maximum absolute atomic E-state index is 13.3. The molecule has 0 unspecified atom stereocenters. The third-order valence-corrected chi connectivity index (χ3v) is 6.11. The molecule has 5 nitrogen and oxygen atoms in total. The van der Waals surface area contributed by atoms with Crippen molar-refractivity contribution in [2.45, 2.75) is 18.4 Å². The van der Waals surface area contributed by atoms with Crippen LogP contribution in [0.1, 0.15) is 22.6 Å². The number of carboxylic acids is 1. The molecule has 0 saturated carbocycles. The van der Waals surface area contributed by atoms with Gasteiger partial charge in [-0.15, -0.1) is 0 Å². The van der Waals surface area contributed by atoms with Gasteiger partial charge in [-0.25, -0.2) is 14.0 Å². The lowest BCUT2D eigenvalue weighted by atomic mass is 9.98. The number of amides is 1. The monoisotopic (exact) mass is 483 g/mol. The van der Waals surface area contributed by atoms with Crippen LogP contribution in [-0.2, 0) is 16.0 Å². The van der Waals surface area contributed by atoms with Gasteiger partial charge < -0.3 is 15.2 Å². The molecule has 0 saturated heterocycles. The molecule has 31 heavy (non-hydrogen) atoms. The number of halogens is 2. The van der Waals surface area contributed by atoms with Crippen LogP contribution in [0.2, 0.25) is 0 Å². The Labute approximate surface area is 187 Å². The Morgan fingerprint density at radius 2 is 1.65 bits per heavy atom. The number of rotatable bonds is 6. The summed E-state index contributed by atoms with van der Waals surface area (Å²) >= 11 is 3.22. The molecule has 2 N–H and O–H groups in total. The molecule has 1 amide bonds. The zero-order valence-corrected chi connectivity index (χ0v) is 17.9. The van der Waals surface area contributed by atoms with Gasteiger partial charge in [0.15, 0.2) is 0 Å². The highest BCUT2D eigenvalue weighted by Gasteiger charge is 2.30. The van der Waals surface area contributed by atoms with E-state index in [1.54, 1.807) is 0 Å². The van der Waals surface area contributed by atoms with Crippen molar-refractivity contribution in [1.29, 1.82) is 0 Å². The summed E-state index contributed by atoms with van der Waals surface area (Å²) in [4.78, 5) is 24.0. The number of ether oxygens (including phenoxy) is 1. The van der Waals surface area contributed by atoms with Gasteiger partial charge in [0.05, 0.1) is 0 Å². The summed E-state index contributed by atoms with van der Waals surface area (Å²) in [5.74, 6) is -1.76. The highest BCUT2D eigenvalue weighted by atomic mass is 79.9. The quantitative estimate of drug-likeness (QED) is 0.509. The van der Waals surface area contributed by atoms with E-state index in [4.69, 9.17) is 4.74 Å². The van der Waals surface area contributed by atoms with Gasteiger partial charge in [-0.2, -0.15) is 0 Å². The molecule has 3 aromatic rings. The first kappa shape index (κ1) is 21.1. The summed E-state index contributed by atoms with van der Waals surface area (Å²) in [5, 5.41) is 11.9. The van der Waals surface area contributed by atoms with Crippen LogP contribution < -0.4 is 5.32 Å². The highest BCUT2D eigenvalue weighted by molar-refractivity contribution is 9.10. The number of carboxylic acid groups (broad SMARTS) is 1. The molecule has 0 heterocycles. The first-order valence-corrected chi connectivity index (χ1v) is 10.5. The fourth-order valence-corrected chi connectivity index (χ4v) is 4.40. The summed E-state index contributed by atoms with van der Waals surface area (Å²) < 4.78 is 19.1. The summed E-state index contributed by atoms with van der Waals surface area (Å²) in [6.07, 6.45) is -0.826. The summed E-state index contributed by atoms with van der Waals surface area (Å²) in [6.45, 7) is 0.0897. The number of fused-ring (bicyclic) bond motifs is 3. The number of aliphatic carboxylic acids is 1. The van der Waals surface area contributed by atoms with E-state index in [-0.39, 0.29) is 18.9 Å². The Bertz CT molecular complexity index is 1100. The van der Waals surface area contributed by atoms with Gasteiger partial charge in [-0.3, -0.25) is 0 Å². The number of hydrogen-bond donors (Lipinski definition) is 2. The van der Waals surface area contributed by atoms with Crippen molar-refractivity contribution in [3.05, 3.63) is 93.7 Å². The van der Waals surface area contributed by atoms with Crippen LogP contribution in [0.25, 0.3) is 11.1 Å². The second-order valence-corrected chi connectivity index (χ2v) is 8.15. The minimum absolute atomic E-state index is 0.0135. The molecule has 0 bridgehead atoms. The molecular formula is C24H19BrFNO4. The standard InChI is InChI=1S/C24H19BrFNO4/c25-21-12-15(26)10-9-14(21)11-22(23(28)29)27-24(30)31-13-20-18-7-3-1-5-16(18)17-6-2-4-8-19(17)20/h1-10,12,20,22H,11,13H2,(H,27,30)(H,28,29)/t22-/m0/s1. The molecule has 0 fully saturated rings. The highest BCUT2D eigenvalue weighted by Crippen LogP contribution is 2.44. The fourth-order valence-electron chi connectivity index (χ4n) is 3.89. The van der Waals surface area contributed by atoms with E-state index in [2.05, 4.69) is 21.2 Å². The van der Waals surface area contributed by atoms with Crippen molar-refractivity contribution in [3.63, 3.8) is 0 Å². The van der Waals surface area contributed by atoms with Crippen LogP contribution in [0, 0.1) is 5.82 Å². The molecule has 4 rings (SSSR count). The Balaban J connectivity index is 1.44. The van der Waals surface area contributed by atoms with E-state index in [1.807, 2.05) is 48.5 Å². The van der Waals surface area contributed by atoms with E-state index >= 15 is 0 Å². The normalized spacial score (nSPS) is 13.2. The van der Waals surface area contributed by atoms with E-state index < -0.39 is 23.9 Å². The number of carbonyl (C=O) groups is 2. The van der Waals surface area contributed by atoms with Crippen molar-refractivity contribution in [2.75, 3.05) is 6.61 Å². The third kappa shape index (κ3) is 4.46. The molecular weight excluding hydrogens is 465 g/mol. The molecule has 0 aliphatic heterocycles. The Morgan fingerprint density at radius 3 is 2.23 bits per heavy atom. The maximum atomic E-state index is 13.3. The molecule has 7 heteroatoms. The van der Waals surface area contributed by atoms with E-state index in [0.717, 1.165) is 22.3 Å². The van der Waals surface area contributed by atoms with Crippen molar-refractivity contribution in [2.24, 2.45) is 0 Å². The summed E-state index contributed by atoms with van der Waals surface area (Å²) in [7, 11) is 0. The number of nitrogens with one attached hydrogen (secondary N) is 1.